The summed E-state index contributed by atoms with van der Waals surface area (Å²) in [5.74, 6) is 3.03. The first-order chi connectivity index (χ1) is 16.6. The zero-order valence-electron chi connectivity index (χ0n) is 20.4. The quantitative estimate of drug-likeness (QED) is 0.663. The van der Waals surface area contributed by atoms with Crippen molar-refractivity contribution in [3.05, 3.63) is 35.0 Å². The molecule has 1 aromatic heterocycles. The zero-order valence-corrected chi connectivity index (χ0v) is 20.4. The van der Waals surface area contributed by atoms with Crippen LogP contribution in [-0.2, 0) is 13.0 Å². The van der Waals surface area contributed by atoms with Crippen molar-refractivity contribution in [2.24, 2.45) is 0 Å². The van der Waals surface area contributed by atoms with Gasteiger partial charge in [0.2, 0.25) is 5.95 Å². The van der Waals surface area contributed by atoms with E-state index >= 15 is 0 Å². The van der Waals surface area contributed by atoms with Crippen molar-refractivity contribution in [3.63, 3.8) is 0 Å². The van der Waals surface area contributed by atoms with Crippen LogP contribution in [-0.4, -0.2) is 92.8 Å². The van der Waals surface area contributed by atoms with E-state index in [0.29, 0.717) is 30.2 Å². The van der Waals surface area contributed by atoms with E-state index in [1.54, 1.807) is 32.4 Å². The van der Waals surface area contributed by atoms with Crippen LogP contribution < -0.4 is 19.3 Å². The highest BCUT2D eigenvalue weighted by Crippen LogP contribution is 2.32. The number of ether oxygens (including phenoxy) is 2. The molecule has 0 saturated carbocycles. The number of carbonyl (C=O) groups excluding carboxylic acids is 1. The van der Waals surface area contributed by atoms with Crippen LogP contribution in [0.1, 0.15) is 34.5 Å². The molecule has 0 aliphatic carbocycles. The van der Waals surface area contributed by atoms with Gasteiger partial charge >= 0.3 is 0 Å². The maximum absolute atomic E-state index is 13.5. The summed E-state index contributed by atoms with van der Waals surface area (Å²) in [5.41, 5.74) is 2.73. The monoisotopic (exact) mass is 466 g/mol. The van der Waals surface area contributed by atoms with Crippen molar-refractivity contribution in [2.75, 3.05) is 76.9 Å². The van der Waals surface area contributed by atoms with Crippen molar-refractivity contribution in [1.29, 1.82) is 0 Å². The van der Waals surface area contributed by atoms with Gasteiger partial charge in [-0.25, -0.2) is 4.98 Å². The molecular weight excluding hydrogens is 432 g/mol. The summed E-state index contributed by atoms with van der Waals surface area (Å²) < 4.78 is 10.7. The van der Waals surface area contributed by atoms with Gasteiger partial charge in [-0.15, -0.1) is 0 Å². The fourth-order valence-corrected chi connectivity index (χ4v) is 5.01. The summed E-state index contributed by atoms with van der Waals surface area (Å²) in [6.07, 6.45) is 3.11. The highest BCUT2D eigenvalue weighted by Gasteiger charge is 2.30. The number of methoxy groups -OCH3 is 2. The number of carbonyl (C=O) groups is 1. The van der Waals surface area contributed by atoms with E-state index < -0.39 is 0 Å². The Balaban J connectivity index is 1.46. The smallest absolute Gasteiger partial charge is 0.254 e. The molecular formula is C25H34N6O3. The number of fused-ring (bicyclic) bond motifs is 1. The van der Waals surface area contributed by atoms with Gasteiger partial charge in [0, 0.05) is 69.4 Å². The Hall–Kier alpha value is -3.07. The number of piperazine rings is 1. The number of hydrogen-bond donors (Lipinski definition) is 0. The number of rotatable bonds is 5. The molecule has 0 N–H and O–H groups in total. The summed E-state index contributed by atoms with van der Waals surface area (Å²) >= 11 is 0. The fraction of sp³-hybridized carbons (Fsp3) is 0.560. The third-order valence-corrected chi connectivity index (χ3v) is 7.10. The van der Waals surface area contributed by atoms with Gasteiger partial charge < -0.3 is 29.1 Å². The normalized spacial score (nSPS) is 18.7. The van der Waals surface area contributed by atoms with Crippen LogP contribution in [0.3, 0.4) is 0 Å². The molecule has 0 atom stereocenters. The molecule has 182 valence electrons. The van der Waals surface area contributed by atoms with E-state index in [0.717, 1.165) is 68.7 Å². The Labute approximate surface area is 201 Å². The lowest BCUT2D eigenvalue weighted by atomic mass is 10.0. The molecule has 3 aliphatic rings. The number of anilines is 2. The summed E-state index contributed by atoms with van der Waals surface area (Å²) in [5, 5.41) is 0. The van der Waals surface area contributed by atoms with Crippen LogP contribution in [0.5, 0.6) is 11.5 Å². The topological polar surface area (TPSA) is 74.3 Å². The number of amides is 1. The largest absolute Gasteiger partial charge is 0.497 e. The molecule has 4 heterocycles. The molecule has 1 amide bonds. The second kappa shape index (κ2) is 9.66. The predicted octanol–water partition coefficient (Wildman–Crippen LogP) is 2.04. The Morgan fingerprint density at radius 3 is 2.18 bits per heavy atom. The Morgan fingerprint density at radius 1 is 0.853 bits per heavy atom. The minimum Gasteiger partial charge on any atom is -0.497 e. The van der Waals surface area contributed by atoms with Gasteiger partial charge in [0.25, 0.3) is 5.91 Å². The number of benzene rings is 1. The van der Waals surface area contributed by atoms with Gasteiger partial charge in [-0.3, -0.25) is 4.79 Å². The standard InChI is InChI=1S/C25H34N6O3/c1-28-10-12-29(13-11-28)23-21-17-31(24(32)18-14-19(33-2)16-20(15-18)34-3)9-6-22(21)26-25(27-23)30-7-4-5-8-30/h14-16H,4-13,17H2,1-3H3. The van der Waals surface area contributed by atoms with Crippen molar-refractivity contribution in [3.8, 4) is 11.5 Å². The molecule has 3 aliphatic heterocycles. The molecule has 34 heavy (non-hydrogen) atoms. The lowest BCUT2D eigenvalue weighted by Gasteiger charge is -2.37. The SMILES string of the molecule is COc1cc(OC)cc(C(=O)N2CCc3nc(N4CCCC4)nc(N4CCN(C)CC4)c3C2)c1. The summed E-state index contributed by atoms with van der Waals surface area (Å²) in [6, 6.07) is 5.32. The lowest BCUT2D eigenvalue weighted by Crippen LogP contribution is -2.46. The van der Waals surface area contributed by atoms with Crippen LogP contribution in [0.25, 0.3) is 0 Å². The summed E-state index contributed by atoms with van der Waals surface area (Å²) in [6.45, 7) is 7.04. The maximum Gasteiger partial charge on any atom is 0.254 e. The fourth-order valence-electron chi connectivity index (χ4n) is 5.01. The third-order valence-electron chi connectivity index (χ3n) is 7.10. The molecule has 9 heteroatoms. The molecule has 0 unspecified atom stereocenters. The third kappa shape index (κ3) is 4.49. The first kappa shape index (κ1) is 22.7. The van der Waals surface area contributed by atoms with Gasteiger partial charge in [-0.2, -0.15) is 4.98 Å². The molecule has 2 aromatic rings. The van der Waals surface area contributed by atoms with Crippen molar-refractivity contribution >= 4 is 17.7 Å². The van der Waals surface area contributed by atoms with Crippen molar-refractivity contribution < 1.29 is 14.3 Å². The van der Waals surface area contributed by atoms with Gasteiger partial charge in [-0.1, -0.05) is 0 Å². The van der Waals surface area contributed by atoms with Gasteiger partial charge in [0.05, 0.1) is 26.5 Å². The first-order valence-corrected chi connectivity index (χ1v) is 12.2. The zero-order chi connectivity index (χ0) is 23.7. The van der Waals surface area contributed by atoms with E-state index in [1.807, 2.05) is 4.90 Å². The molecule has 9 nitrogen and oxygen atoms in total. The average molecular weight is 467 g/mol. The van der Waals surface area contributed by atoms with Crippen LogP contribution >= 0.6 is 0 Å². The number of aromatic nitrogens is 2. The van der Waals surface area contributed by atoms with Gasteiger partial charge in [0.15, 0.2) is 0 Å². The highest BCUT2D eigenvalue weighted by atomic mass is 16.5. The van der Waals surface area contributed by atoms with E-state index in [1.165, 1.54) is 12.8 Å². The Morgan fingerprint density at radius 2 is 1.53 bits per heavy atom. The number of hydrogen-bond acceptors (Lipinski definition) is 8. The average Bonchev–Trinajstić information content (AvgIpc) is 3.42. The summed E-state index contributed by atoms with van der Waals surface area (Å²) in [4.78, 5) is 32.5. The molecule has 0 bridgehead atoms. The van der Waals surface area contributed by atoms with E-state index in [-0.39, 0.29) is 5.91 Å². The molecule has 5 rings (SSSR count). The Bertz CT molecular complexity index is 1020. The second-order valence-corrected chi connectivity index (χ2v) is 9.33. The van der Waals surface area contributed by atoms with Crippen molar-refractivity contribution in [1.82, 2.24) is 19.8 Å². The minimum atomic E-state index is -0.0317. The summed E-state index contributed by atoms with van der Waals surface area (Å²) in [7, 11) is 5.35. The van der Waals surface area contributed by atoms with E-state index in [4.69, 9.17) is 19.4 Å². The molecule has 0 spiro atoms. The number of nitrogens with zero attached hydrogens (tertiary/aromatic N) is 6. The molecule has 2 fully saturated rings. The molecule has 0 radical (unpaired) electrons. The number of likely N-dealkylation sites (N-methyl/N-ethyl adjacent to an activating group) is 1. The highest BCUT2D eigenvalue weighted by molar-refractivity contribution is 5.95. The second-order valence-electron chi connectivity index (χ2n) is 9.33. The van der Waals surface area contributed by atoms with Gasteiger partial charge in [-0.05, 0) is 32.0 Å². The lowest BCUT2D eigenvalue weighted by molar-refractivity contribution is 0.0733. The minimum absolute atomic E-state index is 0.0317. The molecule has 1 aromatic carbocycles. The van der Waals surface area contributed by atoms with Gasteiger partial charge in [0.1, 0.15) is 17.3 Å². The van der Waals surface area contributed by atoms with E-state index in [2.05, 4.69) is 21.7 Å². The maximum atomic E-state index is 13.5. The molecule has 2 saturated heterocycles. The Kier molecular flexibility index (Phi) is 6.45. The predicted molar refractivity (Wildman–Crippen MR) is 131 cm³/mol. The van der Waals surface area contributed by atoms with Crippen LogP contribution in [0, 0.1) is 0 Å². The first-order valence-electron chi connectivity index (χ1n) is 12.2. The van der Waals surface area contributed by atoms with Crippen LogP contribution in [0.2, 0.25) is 0 Å². The van der Waals surface area contributed by atoms with Crippen molar-refractivity contribution in [2.45, 2.75) is 25.8 Å². The van der Waals surface area contributed by atoms with Crippen LogP contribution in [0.15, 0.2) is 18.2 Å². The van der Waals surface area contributed by atoms with E-state index in [9.17, 15) is 4.79 Å². The van der Waals surface area contributed by atoms with Crippen LogP contribution in [0.4, 0.5) is 11.8 Å².